The molecule has 0 aliphatic carbocycles. The van der Waals surface area contributed by atoms with Crippen molar-refractivity contribution >= 4 is 99.2 Å². The van der Waals surface area contributed by atoms with Gasteiger partial charge in [0.15, 0.2) is 23.0 Å². The molecular weight excluding hydrogens is 1310 g/mol. The Morgan fingerprint density at radius 2 is 1.41 bits per heavy atom. The lowest BCUT2D eigenvalue weighted by molar-refractivity contribution is -0.137. The van der Waals surface area contributed by atoms with Crippen molar-refractivity contribution in [3.63, 3.8) is 0 Å². The molecule has 0 spiro atoms. The molecule has 2 saturated heterocycles. The minimum absolute atomic E-state index is 0.0239. The third kappa shape index (κ3) is 17.3. The number of methoxy groups -OCH3 is 2. The number of halogens is 1. The van der Waals surface area contributed by atoms with Gasteiger partial charge < -0.3 is 65.2 Å². The molecule has 3 aromatic rings. The van der Waals surface area contributed by atoms with Crippen molar-refractivity contribution in [3.05, 3.63) is 102 Å². The van der Waals surface area contributed by atoms with E-state index in [0.29, 0.717) is 85.7 Å². The van der Waals surface area contributed by atoms with E-state index in [0.717, 1.165) is 16.0 Å². The van der Waals surface area contributed by atoms with Gasteiger partial charge in [0.25, 0.3) is 23.6 Å². The van der Waals surface area contributed by atoms with Gasteiger partial charge in [-0.1, -0.05) is 72.9 Å². The zero-order valence-electron chi connectivity index (χ0n) is 54.3. The Morgan fingerprint density at radius 3 is 2.05 bits per heavy atom. The third-order valence-corrected chi connectivity index (χ3v) is 18.4. The first-order valence-corrected chi connectivity index (χ1v) is 32.3. The van der Waals surface area contributed by atoms with Gasteiger partial charge in [0.2, 0.25) is 23.6 Å². The van der Waals surface area contributed by atoms with Crippen LogP contribution < -0.4 is 50.8 Å². The highest BCUT2D eigenvalue weighted by molar-refractivity contribution is 14.1. The van der Waals surface area contributed by atoms with Gasteiger partial charge in [-0.25, -0.2) is 4.79 Å². The first-order valence-electron chi connectivity index (χ1n) is 31.1. The Kier molecular flexibility index (Phi) is 22.9. The van der Waals surface area contributed by atoms with Gasteiger partial charge in [-0.2, -0.15) is 0 Å². The number of nitrogens with zero attached hydrogens (tertiary/aromatic N) is 5. The van der Waals surface area contributed by atoms with Crippen molar-refractivity contribution < 1.29 is 71.6 Å². The van der Waals surface area contributed by atoms with E-state index in [4.69, 9.17) is 34.2 Å². The van der Waals surface area contributed by atoms with Gasteiger partial charge in [0.05, 0.1) is 61.6 Å². The van der Waals surface area contributed by atoms with Crippen molar-refractivity contribution in [3.8, 4) is 23.0 Å². The van der Waals surface area contributed by atoms with Crippen LogP contribution in [0.25, 0.3) is 0 Å². The van der Waals surface area contributed by atoms with Gasteiger partial charge in [0, 0.05) is 87.2 Å². The normalized spacial score (nSPS) is 19.1. The van der Waals surface area contributed by atoms with E-state index in [1.165, 1.54) is 43.1 Å². The summed E-state index contributed by atoms with van der Waals surface area (Å²) in [5.74, 6) is -2.11. The molecular formula is C67H85IN10O15. The highest BCUT2D eigenvalue weighted by Crippen LogP contribution is 2.47. The fraction of sp³-hybridized carbons (Fsp3) is 0.493. The molecule has 5 aliphatic rings. The summed E-state index contributed by atoms with van der Waals surface area (Å²) >= 11 is 2.06. The quantitative estimate of drug-likeness (QED) is 0.0112. The molecule has 5 atom stereocenters. The van der Waals surface area contributed by atoms with Crippen molar-refractivity contribution in [2.75, 3.05) is 63.9 Å². The van der Waals surface area contributed by atoms with Crippen LogP contribution in [-0.2, 0) is 44.8 Å². The molecule has 26 heteroatoms. The fourth-order valence-corrected chi connectivity index (χ4v) is 12.4. The molecule has 500 valence electrons. The lowest BCUT2D eigenvalue weighted by atomic mass is 9.98. The number of benzene rings is 3. The molecule has 5 heterocycles. The average Bonchev–Trinajstić information content (AvgIpc) is 1.59. The number of nitrogens with one attached hydrogen (secondary N) is 4. The average molecular weight is 1400 g/mol. The number of alkyl halides is 1. The van der Waals surface area contributed by atoms with Crippen LogP contribution in [0.4, 0.5) is 21.9 Å². The number of imide groups is 1. The summed E-state index contributed by atoms with van der Waals surface area (Å²) in [4.78, 5) is 129. The number of nitrogens with two attached hydrogens (primary N) is 1. The number of carbonyl (C=O) groups is 9. The van der Waals surface area contributed by atoms with Gasteiger partial charge in [-0.05, 0) is 109 Å². The highest BCUT2D eigenvalue weighted by atomic mass is 127. The topological polar surface area (TPSA) is 308 Å². The summed E-state index contributed by atoms with van der Waals surface area (Å²) in [6, 6.07) is 11.0. The van der Waals surface area contributed by atoms with Crippen LogP contribution in [0.15, 0.2) is 90.0 Å². The molecule has 1 unspecified atom stereocenters. The fourth-order valence-electron chi connectivity index (χ4n) is 11.4. The number of amides is 9. The molecule has 0 bridgehead atoms. The van der Waals surface area contributed by atoms with Crippen molar-refractivity contribution in [2.45, 2.75) is 152 Å². The standard InChI is InChI=1S/C67H85IN10O15/c1-39(2)58(73-54(79)21-23-66(8,9)93-28-24-65(6,7)74-55(80)22-25-75-56(81)19-20-57(75)82)60(84)71-42(5)59(83)72-44-17-15-43(16-18-44)38-92-64(87)78-49-33-53(51(89-11)31-47(49)62(86)77-37-41(4)34-67(77,69)63(78)68)91-27-14-12-13-26-90-52-32-48-46(30-50(52)88-10)61(85)76-36-40(3)29-45(76)35-70-48/h15-20,30-33,35,39,42,45,58,63H,3-4,12-14,21-29,34,36-38,69H2,1-2,5-11H3,(H,71,84)(H,72,83)(H,73,79)(H,74,80)/t42-,45?,58-,63+,67-/m0/s1. The summed E-state index contributed by atoms with van der Waals surface area (Å²) in [7, 11) is 2.98. The van der Waals surface area contributed by atoms with Gasteiger partial charge >= 0.3 is 6.09 Å². The monoisotopic (exact) mass is 1400 g/mol. The molecule has 3 aromatic carbocycles. The predicted octanol–water partition coefficient (Wildman–Crippen LogP) is 7.55. The summed E-state index contributed by atoms with van der Waals surface area (Å²) < 4.78 is 35.1. The van der Waals surface area contributed by atoms with Crippen LogP contribution in [0.2, 0.25) is 0 Å². The number of fused-ring (bicyclic) bond motifs is 4. The molecule has 0 aromatic heterocycles. The largest absolute Gasteiger partial charge is 0.493 e. The van der Waals surface area contributed by atoms with E-state index in [2.05, 4.69) is 62.0 Å². The maximum atomic E-state index is 14.5. The van der Waals surface area contributed by atoms with Crippen LogP contribution in [0.1, 0.15) is 133 Å². The maximum absolute atomic E-state index is 14.5. The number of unbranched alkanes of at least 4 members (excludes halogenated alkanes) is 2. The Hall–Kier alpha value is -8.37. The molecule has 0 radical (unpaired) electrons. The summed E-state index contributed by atoms with van der Waals surface area (Å²) in [6.45, 7) is 21.9. The number of anilines is 2. The summed E-state index contributed by atoms with van der Waals surface area (Å²) in [5, 5.41) is 11.2. The van der Waals surface area contributed by atoms with E-state index in [1.54, 1.807) is 73.5 Å². The zero-order chi connectivity index (χ0) is 67.7. The maximum Gasteiger partial charge on any atom is 0.415 e. The SMILES string of the molecule is C=C1CC2C=Nc3cc(OCCCCCOc4cc5c(cc4OC)C(=O)N4CC(=C)C[C@@]4(N)[C@H](I)N5C(=O)OCc4ccc(NC(=O)[C@H](C)NC(=O)[C@@H](NC(=O)CCC(C)(C)OCCC(C)(C)NC(=O)CCN5C(=O)C=CC5=O)C(C)C)cc4)c(OC)cc3C(=O)N2C1. The summed E-state index contributed by atoms with van der Waals surface area (Å²) in [6.07, 6.45) is 6.95. The predicted molar refractivity (Wildman–Crippen MR) is 356 cm³/mol. The zero-order valence-corrected chi connectivity index (χ0v) is 56.4. The third-order valence-electron chi connectivity index (χ3n) is 16.7. The Bertz CT molecular complexity index is 3460. The molecule has 8 rings (SSSR count). The van der Waals surface area contributed by atoms with Crippen LogP contribution in [0, 0.1) is 5.92 Å². The lowest BCUT2D eigenvalue weighted by Gasteiger charge is -2.39. The molecule has 93 heavy (non-hydrogen) atoms. The van der Waals surface area contributed by atoms with Crippen molar-refractivity contribution in [1.82, 2.24) is 30.7 Å². The first kappa shape index (κ1) is 70.5. The molecule has 6 N–H and O–H groups in total. The Morgan fingerprint density at radius 1 is 0.763 bits per heavy atom. The minimum Gasteiger partial charge on any atom is -0.493 e. The van der Waals surface area contributed by atoms with Crippen LogP contribution in [0.5, 0.6) is 23.0 Å². The number of ether oxygens (including phenoxy) is 6. The van der Waals surface area contributed by atoms with Crippen molar-refractivity contribution in [2.24, 2.45) is 16.6 Å². The van der Waals surface area contributed by atoms with E-state index >= 15 is 0 Å². The van der Waals surface area contributed by atoms with Crippen LogP contribution in [-0.4, -0.2) is 167 Å². The van der Waals surface area contributed by atoms with E-state index in [-0.39, 0.29) is 105 Å². The molecule has 5 aliphatic heterocycles. The minimum atomic E-state index is -1.35. The number of carbonyl (C=O) groups excluding carboxylic acids is 9. The summed E-state index contributed by atoms with van der Waals surface area (Å²) in [5.41, 5.74) is 8.28. The molecule has 25 nitrogen and oxygen atoms in total. The molecule has 0 saturated carbocycles. The Labute approximate surface area is 555 Å². The molecule has 9 amide bonds. The van der Waals surface area contributed by atoms with Crippen molar-refractivity contribution in [1.29, 1.82) is 0 Å². The van der Waals surface area contributed by atoms with E-state index in [1.807, 2.05) is 27.7 Å². The lowest BCUT2D eigenvalue weighted by Crippen LogP contribution is -2.63. The second kappa shape index (κ2) is 30.1. The first-order chi connectivity index (χ1) is 44.0. The van der Waals surface area contributed by atoms with Crippen LogP contribution >= 0.6 is 22.6 Å². The van der Waals surface area contributed by atoms with E-state index in [9.17, 15) is 43.2 Å². The second-order valence-electron chi connectivity index (χ2n) is 25.5. The second-order valence-corrected chi connectivity index (χ2v) is 26.7. The number of hydrogen-bond acceptors (Lipinski definition) is 17. The smallest absolute Gasteiger partial charge is 0.415 e. The number of rotatable bonds is 29. The molecule has 2 fully saturated rings. The van der Waals surface area contributed by atoms with Crippen LogP contribution in [0.3, 0.4) is 0 Å². The number of aliphatic imine (C=N–C) groups is 1. The highest BCUT2D eigenvalue weighted by Gasteiger charge is 2.54. The van der Waals surface area contributed by atoms with Gasteiger partial charge in [0.1, 0.15) is 28.4 Å². The Balaban J connectivity index is 0.805. The van der Waals surface area contributed by atoms with Gasteiger partial charge in [-0.15, -0.1) is 0 Å². The van der Waals surface area contributed by atoms with Gasteiger partial charge in [-0.3, -0.25) is 53.1 Å². The number of hydrogen-bond donors (Lipinski definition) is 5. The van der Waals surface area contributed by atoms with E-state index < -0.39 is 68.6 Å².